The highest BCUT2D eigenvalue weighted by atomic mass is 32.1. The van der Waals surface area contributed by atoms with Crippen molar-refractivity contribution in [3.8, 4) is 0 Å². The van der Waals surface area contributed by atoms with Crippen molar-refractivity contribution in [3.63, 3.8) is 0 Å². The van der Waals surface area contributed by atoms with Crippen molar-refractivity contribution in [3.05, 3.63) is 22.4 Å². The molecule has 1 saturated heterocycles. The van der Waals surface area contributed by atoms with Crippen LogP contribution in [-0.4, -0.2) is 59.4 Å². The van der Waals surface area contributed by atoms with E-state index >= 15 is 0 Å². The number of carbonyl (C=O) groups is 3. The van der Waals surface area contributed by atoms with E-state index in [1.54, 1.807) is 23.3 Å². The lowest BCUT2D eigenvalue weighted by Gasteiger charge is -2.32. The molecule has 6 nitrogen and oxygen atoms in total. The lowest BCUT2D eigenvalue weighted by atomic mass is 9.98. The number of hydrogen-bond donors (Lipinski definition) is 1. The first-order chi connectivity index (χ1) is 11.0. The Bertz CT molecular complexity index is 558. The number of carboxylic acids is 1. The van der Waals surface area contributed by atoms with E-state index in [2.05, 4.69) is 0 Å². The molecule has 23 heavy (non-hydrogen) atoms. The fraction of sp³-hybridized carbons (Fsp3) is 0.562. The average Bonchev–Trinajstić information content (AvgIpc) is 3.06. The Hall–Kier alpha value is -1.89. The second-order valence-corrected chi connectivity index (χ2v) is 6.68. The fourth-order valence-electron chi connectivity index (χ4n) is 2.67. The molecule has 2 amide bonds. The third-order valence-electron chi connectivity index (χ3n) is 4.13. The quantitative estimate of drug-likeness (QED) is 0.852. The molecular weight excluding hydrogens is 316 g/mol. The van der Waals surface area contributed by atoms with E-state index < -0.39 is 11.9 Å². The van der Waals surface area contributed by atoms with Crippen LogP contribution >= 0.6 is 11.3 Å². The summed E-state index contributed by atoms with van der Waals surface area (Å²) in [6.45, 7) is 0.819. The van der Waals surface area contributed by atoms with E-state index in [4.69, 9.17) is 5.11 Å². The van der Waals surface area contributed by atoms with Crippen LogP contribution in [-0.2, 0) is 20.8 Å². The van der Waals surface area contributed by atoms with Crippen LogP contribution in [0.5, 0.6) is 0 Å². The van der Waals surface area contributed by atoms with Crippen LogP contribution in [0.2, 0.25) is 0 Å². The molecule has 1 aliphatic rings. The predicted molar refractivity (Wildman–Crippen MR) is 87.2 cm³/mol. The minimum Gasteiger partial charge on any atom is -0.481 e. The van der Waals surface area contributed by atoms with Gasteiger partial charge in [0.25, 0.3) is 0 Å². The number of carbonyl (C=O) groups excluding carboxylic acids is 2. The molecule has 0 aliphatic carbocycles. The number of amides is 2. The number of carboxylic acid groups (broad SMARTS) is 1. The normalized spacial score (nSPS) is 17.8. The van der Waals surface area contributed by atoms with Gasteiger partial charge < -0.3 is 14.9 Å². The Kier molecular flexibility index (Phi) is 6.15. The van der Waals surface area contributed by atoms with Crippen LogP contribution < -0.4 is 0 Å². The number of nitrogens with zero attached hydrogens (tertiary/aromatic N) is 2. The Labute approximate surface area is 139 Å². The molecule has 1 unspecified atom stereocenters. The first-order valence-corrected chi connectivity index (χ1v) is 8.67. The Morgan fingerprint density at radius 3 is 2.87 bits per heavy atom. The second kappa shape index (κ2) is 8.10. The molecule has 7 heteroatoms. The first kappa shape index (κ1) is 17.5. The summed E-state index contributed by atoms with van der Waals surface area (Å²) < 4.78 is 0. The van der Waals surface area contributed by atoms with E-state index in [0.29, 0.717) is 32.2 Å². The van der Waals surface area contributed by atoms with E-state index in [-0.39, 0.29) is 24.9 Å². The summed E-state index contributed by atoms with van der Waals surface area (Å²) >= 11 is 1.60. The first-order valence-electron chi connectivity index (χ1n) is 7.73. The van der Waals surface area contributed by atoms with Crippen molar-refractivity contribution in [1.29, 1.82) is 0 Å². The summed E-state index contributed by atoms with van der Waals surface area (Å²) in [6, 6.07) is 1.99. The van der Waals surface area contributed by atoms with Gasteiger partial charge in [0.2, 0.25) is 11.8 Å². The Balaban J connectivity index is 1.79. The Morgan fingerprint density at radius 1 is 1.43 bits per heavy atom. The molecule has 0 saturated carbocycles. The van der Waals surface area contributed by atoms with Gasteiger partial charge in [0.1, 0.15) is 0 Å². The molecular formula is C16H22N2O4S. The summed E-state index contributed by atoms with van der Waals surface area (Å²) in [6.07, 6.45) is 2.34. The number of piperidine rings is 1. The van der Waals surface area contributed by atoms with Crippen molar-refractivity contribution in [2.24, 2.45) is 5.92 Å². The van der Waals surface area contributed by atoms with Gasteiger partial charge in [-0.1, -0.05) is 0 Å². The van der Waals surface area contributed by atoms with Gasteiger partial charge in [-0.3, -0.25) is 14.4 Å². The number of aliphatic carboxylic acids is 1. The fourth-order valence-corrected chi connectivity index (χ4v) is 3.38. The number of thiophene rings is 1. The zero-order valence-corrected chi connectivity index (χ0v) is 14.1. The van der Waals surface area contributed by atoms with Gasteiger partial charge >= 0.3 is 5.97 Å². The summed E-state index contributed by atoms with van der Waals surface area (Å²) in [5.41, 5.74) is 1.13. The van der Waals surface area contributed by atoms with E-state index in [0.717, 1.165) is 5.56 Å². The molecule has 0 spiro atoms. The third kappa shape index (κ3) is 5.06. The molecule has 1 N–H and O–H groups in total. The highest BCUT2D eigenvalue weighted by Crippen LogP contribution is 2.17. The molecule has 0 aromatic carbocycles. The Morgan fingerprint density at radius 2 is 2.22 bits per heavy atom. The molecule has 0 bridgehead atoms. The SMILES string of the molecule is CN(CC(=O)N1CCCC(C(=O)O)C1)C(=O)CCc1ccsc1. The standard InChI is InChI=1S/C16H22N2O4S/c1-17(14(19)5-4-12-6-8-23-11-12)10-15(20)18-7-2-3-13(9-18)16(21)22/h6,8,11,13H,2-5,7,9-10H2,1H3,(H,21,22). The number of likely N-dealkylation sites (tertiary alicyclic amines) is 1. The average molecular weight is 338 g/mol. The van der Waals surface area contributed by atoms with Crippen LogP contribution in [0.3, 0.4) is 0 Å². The lowest BCUT2D eigenvalue weighted by molar-refractivity contribution is -0.147. The topological polar surface area (TPSA) is 77.9 Å². The van der Waals surface area contributed by atoms with Crippen molar-refractivity contribution in [2.75, 3.05) is 26.7 Å². The van der Waals surface area contributed by atoms with Crippen molar-refractivity contribution >= 4 is 29.1 Å². The molecule has 0 radical (unpaired) electrons. The highest BCUT2D eigenvalue weighted by Gasteiger charge is 2.28. The molecule has 1 aromatic heterocycles. The molecule has 126 valence electrons. The maximum absolute atomic E-state index is 12.3. The van der Waals surface area contributed by atoms with Crippen LogP contribution in [0.1, 0.15) is 24.8 Å². The van der Waals surface area contributed by atoms with Crippen LogP contribution in [0.25, 0.3) is 0 Å². The molecule has 1 aliphatic heterocycles. The molecule has 1 fully saturated rings. The maximum Gasteiger partial charge on any atom is 0.308 e. The molecule has 2 rings (SSSR count). The van der Waals surface area contributed by atoms with Gasteiger partial charge in [-0.2, -0.15) is 11.3 Å². The summed E-state index contributed by atoms with van der Waals surface area (Å²) in [4.78, 5) is 38.4. The number of rotatable bonds is 6. The summed E-state index contributed by atoms with van der Waals surface area (Å²) in [5, 5.41) is 13.1. The van der Waals surface area contributed by atoms with Gasteiger partial charge in [0.05, 0.1) is 12.5 Å². The van der Waals surface area contributed by atoms with E-state index in [1.165, 1.54) is 4.90 Å². The van der Waals surface area contributed by atoms with E-state index in [1.807, 2.05) is 16.8 Å². The zero-order valence-electron chi connectivity index (χ0n) is 13.2. The largest absolute Gasteiger partial charge is 0.481 e. The van der Waals surface area contributed by atoms with Crippen molar-refractivity contribution in [1.82, 2.24) is 9.80 Å². The summed E-state index contributed by atoms with van der Waals surface area (Å²) in [7, 11) is 1.62. The minimum atomic E-state index is -0.859. The van der Waals surface area contributed by atoms with Gasteiger partial charge in [0.15, 0.2) is 0 Å². The maximum atomic E-state index is 12.3. The monoisotopic (exact) mass is 338 g/mol. The minimum absolute atomic E-state index is 0.00874. The van der Waals surface area contributed by atoms with Gasteiger partial charge in [-0.25, -0.2) is 0 Å². The second-order valence-electron chi connectivity index (χ2n) is 5.90. The van der Waals surface area contributed by atoms with Crippen LogP contribution in [0.15, 0.2) is 16.8 Å². The molecule has 1 atom stereocenters. The van der Waals surface area contributed by atoms with Gasteiger partial charge in [-0.15, -0.1) is 0 Å². The summed E-state index contributed by atoms with van der Waals surface area (Å²) in [5.74, 6) is -1.60. The number of aryl methyl sites for hydroxylation is 1. The number of hydrogen-bond acceptors (Lipinski definition) is 4. The highest BCUT2D eigenvalue weighted by molar-refractivity contribution is 7.07. The number of likely N-dealkylation sites (N-methyl/N-ethyl adjacent to an activating group) is 1. The van der Waals surface area contributed by atoms with Crippen molar-refractivity contribution in [2.45, 2.75) is 25.7 Å². The lowest BCUT2D eigenvalue weighted by Crippen LogP contribution is -2.46. The van der Waals surface area contributed by atoms with Crippen LogP contribution in [0, 0.1) is 5.92 Å². The van der Waals surface area contributed by atoms with E-state index in [9.17, 15) is 14.4 Å². The van der Waals surface area contributed by atoms with Crippen molar-refractivity contribution < 1.29 is 19.5 Å². The molecule has 1 aromatic rings. The van der Waals surface area contributed by atoms with Gasteiger partial charge in [0, 0.05) is 26.6 Å². The van der Waals surface area contributed by atoms with Crippen LogP contribution in [0.4, 0.5) is 0 Å². The smallest absolute Gasteiger partial charge is 0.308 e. The zero-order chi connectivity index (χ0) is 16.8. The van der Waals surface area contributed by atoms with Gasteiger partial charge in [-0.05, 0) is 41.7 Å². The third-order valence-corrected chi connectivity index (χ3v) is 4.86. The predicted octanol–water partition coefficient (Wildman–Crippen LogP) is 1.46. The molecule has 2 heterocycles.